The summed E-state index contributed by atoms with van der Waals surface area (Å²) >= 11 is 0. The molecule has 0 bridgehead atoms. The van der Waals surface area contributed by atoms with E-state index in [2.05, 4.69) is 4.74 Å². The van der Waals surface area contributed by atoms with Gasteiger partial charge in [-0.2, -0.15) is 0 Å². The summed E-state index contributed by atoms with van der Waals surface area (Å²) in [6.45, 7) is 5.63. The van der Waals surface area contributed by atoms with E-state index in [1.54, 1.807) is 0 Å². The molecule has 0 aromatic rings. The van der Waals surface area contributed by atoms with Gasteiger partial charge >= 0.3 is 5.97 Å². The van der Waals surface area contributed by atoms with E-state index in [0.717, 1.165) is 5.57 Å². The molecule has 0 rings (SSSR count). The number of esters is 1. The van der Waals surface area contributed by atoms with Crippen molar-refractivity contribution in [2.45, 2.75) is 33.2 Å². The van der Waals surface area contributed by atoms with Crippen molar-refractivity contribution in [3.8, 4) is 0 Å². The van der Waals surface area contributed by atoms with Crippen LogP contribution >= 0.6 is 0 Å². The maximum Gasteiger partial charge on any atom is 0.333 e. The van der Waals surface area contributed by atoms with Gasteiger partial charge in [-0.25, -0.2) is 4.79 Å². The van der Waals surface area contributed by atoms with Gasteiger partial charge in [0.05, 0.1) is 7.11 Å². The van der Waals surface area contributed by atoms with Crippen LogP contribution in [0.25, 0.3) is 0 Å². The lowest BCUT2D eigenvalue weighted by atomic mass is 10.0. The van der Waals surface area contributed by atoms with E-state index in [1.807, 2.05) is 20.8 Å². The van der Waals surface area contributed by atoms with Gasteiger partial charge in [-0.05, 0) is 25.8 Å². The highest BCUT2D eigenvalue weighted by molar-refractivity contribution is 5.89. The van der Waals surface area contributed by atoms with Crippen LogP contribution in [0.2, 0.25) is 0 Å². The molecule has 0 spiro atoms. The van der Waals surface area contributed by atoms with Crippen molar-refractivity contribution in [1.29, 1.82) is 0 Å². The minimum absolute atomic E-state index is 0.0842. The molecule has 2 N–H and O–H groups in total. The predicted molar refractivity (Wildman–Crippen MR) is 48.7 cm³/mol. The Morgan fingerprint density at radius 3 is 2.33 bits per heavy atom. The summed E-state index contributed by atoms with van der Waals surface area (Å²) in [5.41, 5.74) is 7.23. The first-order valence-electron chi connectivity index (χ1n) is 4.08. The molecular formula is C9H17NO2. The average molecular weight is 171 g/mol. The van der Waals surface area contributed by atoms with Crippen LogP contribution in [0.1, 0.15) is 27.2 Å². The second kappa shape index (κ2) is 4.93. The van der Waals surface area contributed by atoms with E-state index < -0.39 is 0 Å². The lowest BCUT2D eigenvalue weighted by molar-refractivity contribution is -0.136. The van der Waals surface area contributed by atoms with E-state index in [4.69, 9.17) is 5.73 Å². The number of carbonyl (C=O) groups is 1. The first-order valence-corrected chi connectivity index (χ1v) is 4.08. The van der Waals surface area contributed by atoms with Crippen molar-refractivity contribution in [3.63, 3.8) is 0 Å². The third-order valence-electron chi connectivity index (χ3n) is 1.94. The largest absolute Gasteiger partial charge is 0.466 e. The van der Waals surface area contributed by atoms with E-state index in [0.29, 0.717) is 12.0 Å². The molecule has 3 nitrogen and oxygen atoms in total. The van der Waals surface area contributed by atoms with Gasteiger partial charge in [0.15, 0.2) is 0 Å². The lowest BCUT2D eigenvalue weighted by Gasteiger charge is -2.11. The normalized spacial score (nSPS) is 15.1. The molecule has 1 atom stereocenters. The van der Waals surface area contributed by atoms with Gasteiger partial charge in [-0.3, -0.25) is 0 Å². The molecular weight excluding hydrogens is 154 g/mol. The molecule has 3 heteroatoms. The molecule has 0 amide bonds. The average Bonchev–Trinajstić information content (AvgIpc) is 2.05. The first-order chi connectivity index (χ1) is 5.54. The van der Waals surface area contributed by atoms with Crippen molar-refractivity contribution in [2.75, 3.05) is 7.11 Å². The summed E-state index contributed by atoms with van der Waals surface area (Å²) in [6, 6.07) is -0.0842. The Bertz CT molecular complexity index is 195. The Morgan fingerprint density at radius 2 is 2.08 bits per heavy atom. The Morgan fingerprint density at radius 1 is 1.58 bits per heavy atom. The quantitative estimate of drug-likeness (QED) is 0.513. The summed E-state index contributed by atoms with van der Waals surface area (Å²) in [5, 5.41) is 0. The van der Waals surface area contributed by atoms with E-state index in [-0.39, 0.29) is 12.0 Å². The molecule has 0 aromatic carbocycles. The molecule has 0 aliphatic heterocycles. The second-order valence-corrected chi connectivity index (χ2v) is 2.80. The molecule has 70 valence electrons. The van der Waals surface area contributed by atoms with Gasteiger partial charge in [0.25, 0.3) is 0 Å². The molecule has 1 unspecified atom stereocenters. The summed E-state index contributed by atoms with van der Waals surface area (Å²) in [4.78, 5) is 11.2. The fourth-order valence-electron chi connectivity index (χ4n) is 0.982. The topological polar surface area (TPSA) is 52.3 Å². The van der Waals surface area contributed by atoms with Crippen molar-refractivity contribution < 1.29 is 9.53 Å². The summed E-state index contributed by atoms with van der Waals surface area (Å²) in [7, 11) is 1.38. The third-order valence-corrected chi connectivity index (χ3v) is 1.94. The standard InChI is InChI=1S/C9H17NO2/c1-5-8(9(11)12-4)6(2)7(3)10/h7H,5,10H2,1-4H3/b8-6-. The van der Waals surface area contributed by atoms with Gasteiger partial charge in [0.2, 0.25) is 0 Å². The first kappa shape index (κ1) is 11.2. The van der Waals surface area contributed by atoms with Crippen LogP contribution in [0.4, 0.5) is 0 Å². The summed E-state index contributed by atoms with van der Waals surface area (Å²) in [5.74, 6) is -0.271. The Balaban J connectivity index is 4.73. The molecule has 0 saturated heterocycles. The fourth-order valence-corrected chi connectivity index (χ4v) is 0.982. The lowest BCUT2D eigenvalue weighted by Crippen LogP contribution is -2.20. The molecule has 0 aromatic heterocycles. The number of hydrogen-bond donors (Lipinski definition) is 1. The van der Waals surface area contributed by atoms with Crippen LogP contribution in [0, 0.1) is 0 Å². The van der Waals surface area contributed by atoms with Gasteiger partial charge in [0.1, 0.15) is 0 Å². The summed E-state index contributed by atoms with van der Waals surface area (Å²) < 4.78 is 4.62. The zero-order chi connectivity index (χ0) is 9.72. The Kier molecular flexibility index (Phi) is 4.59. The minimum atomic E-state index is -0.271. The minimum Gasteiger partial charge on any atom is -0.466 e. The van der Waals surface area contributed by atoms with Gasteiger partial charge < -0.3 is 10.5 Å². The highest BCUT2D eigenvalue weighted by atomic mass is 16.5. The maximum absolute atomic E-state index is 11.2. The summed E-state index contributed by atoms with van der Waals surface area (Å²) in [6.07, 6.45) is 0.667. The molecule has 0 fully saturated rings. The zero-order valence-corrected chi connectivity index (χ0v) is 8.18. The van der Waals surface area contributed by atoms with E-state index >= 15 is 0 Å². The van der Waals surface area contributed by atoms with E-state index in [1.165, 1.54) is 7.11 Å². The predicted octanol–water partition coefficient (Wildman–Crippen LogP) is 1.23. The number of rotatable bonds is 3. The number of ether oxygens (including phenoxy) is 1. The molecule has 0 heterocycles. The smallest absolute Gasteiger partial charge is 0.333 e. The van der Waals surface area contributed by atoms with Crippen LogP contribution in [0.3, 0.4) is 0 Å². The van der Waals surface area contributed by atoms with Crippen molar-refractivity contribution in [1.82, 2.24) is 0 Å². The van der Waals surface area contributed by atoms with Crippen molar-refractivity contribution in [2.24, 2.45) is 5.73 Å². The van der Waals surface area contributed by atoms with Crippen LogP contribution in [0.5, 0.6) is 0 Å². The highest BCUT2D eigenvalue weighted by Gasteiger charge is 2.12. The monoisotopic (exact) mass is 171 g/mol. The van der Waals surface area contributed by atoms with Gasteiger partial charge in [0, 0.05) is 11.6 Å². The molecule has 0 saturated carbocycles. The maximum atomic E-state index is 11.2. The number of nitrogens with two attached hydrogens (primary N) is 1. The van der Waals surface area contributed by atoms with Crippen LogP contribution in [0.15, 0.2) is 11.1 Å². The molecule has 0 radical (unpaired) electrons. The SMILES string of the molecule is CC/C(C(=O)OC)=C(\C)C(C)N. The van der Waals surface area contributed by atoms with Crippen molar-refractivity contribution in [3.05, 3.63) is 11.1 Å². The van der Waals surface area contributed by atoms with Crippen LogP contribution in [-0.2, 0) is 9.53 Å². The highest BCUT2D eigenvalue weighted by Crippen LogP contribution is 2.12. The third kappa shape index (κ3) is 2.66. The number of methoxy groups -OCH3 is 1. The Hall–Kier alpha value is -0.830. The Labute approximate surface area is 73.6 Å². The van der Waals surface area contributed by atoms with Gasteiger partial charge in [-0.1, -0.05) is 6.92 Å². The van der Waals surface area contributed by atoms with Gasteiger partial charge in [-0.15, -0.1) is 0 Å². The molecule has 0 aliphatic carbocycles. The number of carbonyl (C=O) groups excluding carboxylic acids is 1. The van der Waals surface area contributed by atoms with Crippen molar-refractivity contribution >= 4 is 5.97 Å². The zero-order valence-electron chi connectivity index (χ0n) is 8.18. The van der Waals surface area contributed by atoms with Crippen LogP contribution < -0.4 is 5.73 Å². The van der Waals surface area contributed by atoms with Crippen LogP contribution in [-0.4, -0.2) is 19.1 Å². The number of hydrogen-bond acceptors (Lipinski definition) is 3. The second-order valence-electron chi connectivity index (χ2n) is 2.80. The van der Waals surface area contributed by atoms with E-state index in [9.17, 15) is 4.79 Å². The molecule has 0 aliphatic rings. The fraction of sp³-hybridized carbons (Fsp3) is 0.667. The molecule has 12 heavy (non-hydrogen) atoms.